The summed E-state index contributed by atoms with van der Waals surface area (Å²) >= 11 is 0. The number of alkyl halides is 3. The number of sulfonamides is 1. The zero-order valence-electron chi connectivity index (χ0n) is 14.5. The molecule has 1 aromatic heterocycles. The minimum absolute atomic E-state index is 0.0129. The van der Waals surface area contributed by atoms with Crippen LogP contribution in [0.1, 0.15) is 5.56 Å². The highest BCUT2D eigenvalue weighted by Crippen LogP contribution is 2.30. The van der Waals surface area contributed by atoms with Gasteiger partial charge < -0.3 is 14.6 Å². The number of nitrogens with zero attached hydrogens (tertiary/aromatic N) is 3. The number of imidazole rings is 1. The lowest BCUT2D eigenvalue weighted by Gasteiger charge is -2.24. The summed E-state index contributed by atoms with van der Waals surface area (Å²) in [7, 11) is -3.79. The van der Waals surface area contributed by atoms with Crippen molar-refractivity contribution in [2.45, 2.75) is 17.7 Å². The number of halogens is 3. The van der Waals surface area contributed by atoms with Gasteiger partial charge in [0, 0.05) is 25.0 Å². The van der Waals surface area contributed by atoms with Crippen molar-refractivity contribution in [3.05, 3.63) is 42.4 Å². The number of amides is 1. The number of carbonyl (C=O) groups is 1. The fourth-order valence-electron chi connectivity index (χ4n) is 2.62. The average Bonchev–Trinajstić information content (AvgIpc) is 3.11. The van der Waals surface area contributed by atoms with Crippen LogP contribution in [-0.4, -0.2) is 54.5 Å². The van der Waals surface area contributed by atoms with Crippen LogP contribution in [0.5, 0.6) is 0 Å². The molecule has 1 aliphatic rings. The number of nitrogens with one attached hydrogen (secondary N) is 1. The molecule has 0 atom stereocenters. The Kier molecular flexibility index (Phi) is 5.72. The maximum absolute atomic E-state index is 12.7. The van der Waals surface area contributed by atoms with Crippen molar-refractivity contribution in [3.8, 4) is 0 Å². The van der Waals surface area contributed by atoms with E-state index < -0.39 is 27.7 Å². The van der Waals surface area contributed by atoms with Crippen LogP contribution in [0.4, 0.5) is 18.9 Å². The molecule has 0 unspecified atom stereocenters. The normalized spacial score (nSPS) is 16.1. The predicted molar refractivity (Wildman–Crippen MR) is 91.9 cm³/mol. The molecule has 8 nitrogen and oxygen atoms in total. The molecule has 0 aliphatic carbocycles. The summed E-state index contributed by atoms with van der Waals surface area (Å²) in [6, 6.07) is 4.23. The van der Waals surface area contributed by atoms with Crippen molar-refractivity contribution in [1.82, 2.24) is 13.9 Å². The number of hydrogen-bond acceptors (Lipinski definition) is 5. The Labute approximate surface area is 159 Å². The maximum atomic E-state index is 12.7. The molecule has 1 N–H and O–H groups in total. The summed E-state index contributed by atoms with van der Waals surface area (Å²) in [6.07, 6.45) is -2.14. The third-order valence-corrected chi connectivity index (χ3v) is 5.77. The molecule has 152 valence electrons. The number of hydrogen-bond donors (Lipinski definition) is 1. The Morgan fingerprint density at radius 3 is 2.64 bits per heavy atom. The van der Waals surface area contributed by atoms with Crippen molar-refractivity contribution in [2.24, 2.45) is 0 Å². The third-order valence-electron chi connectivity index (χ3n) is 3.98. The predicted octanol–water partition coefficient (Wildman–Crippen LogP) is 1.56. The molecule has 1 aromatic carbocycles. The van der Waals surface area contributed by atoms with E-state index in [-0.39, 0.29) is 30.3 Å². The molecule has 1 fully saturated rings. The molecule has 2 heterocycles. The number of anilines is 1. The number of benzene rings is 1. The van der Waals surface area contributed by atoms with E-state index in [4.69, 9.17) is 4.74 Å². The van der Waals surface area contributed by atoms with E-state index in [0.717, 1.165) is 12.1 Å². The van der Waals surface area contributed by atoms with Gasteiger partial charge in [-0.1, -0.05) is 6.07 Å². The minimum Gasteiger partial charge on any atom is -0.379 e. The van der Waals surface area contributed by atoms with Gasteiger partial charge in [-0.15, -0.1) is 0 Å². The zero-order chi connectivity index (χ0) is 20.4. The summed E-state index contributed by atoms with van der Waals surface area (Å²) in [5.74, 6) is -0.618. The highest BCUT2D eigenvalue weighted by molar-refractivity contribution is 7.89. The van der Waals surface area contributed by atoms with Crippen molar-refractivity contribution < 1.29 is 31.1 Å². The van der Waals surface area contributed by atoms with Crippen LogP contribution in [0.2, 0.25) is 0 Å². The molecule has 2 aromatic rings. The first-order valence-corrected chi connectivity index (χ1v) is 9.67. The number of aromatic nitrogens is 2. The first-order chi connectivity index (χ1) is 13.2. The van der Waals surface area contributed by atoms with Gasteiger partial charge in [0.25, 0.3) is 10.0 Å². The fraction of sp³-hybridized carbons (Fsp3) is 0.375. The molecule has 1 aliphatic heterocycles. The molecule has 1 amide bonds. The van der Waals surface area contributed by atoms with Gasteiger partial charge in [-0.2, -0.15) is 17.5 Å². The SMILES string of the molecule is O=C(Cn1cnc(S(=O)(=O)N2CCOCC2)c1)Nc1cccc(C(F)(F)F)c1. The molecule has 0 saturated carbocycles. The van der Waals surface area contributed by atoms with E-state index in [9.17, 15) is 26.4 Å². The van der Waals surface area contributed by atoms with Gasteiger partial charge in [0.15, 0.2) is 5.03 Å². The van der Waals surface area contributed by atoms with E-state index >= 15 is 0 Å². The van der Waals surface area contributed by atoms with Gasteiger partial charge in [-0.3, -0.25) is 4.79 Å². The van der Waals surface area contributed by atoms with E-state index in [1.165, 1.54) is 33.5 Å². The Balaban J connectivity index is 1.66. The van der Waals surface area contributed by atoms with Crippen LogP contribution in [0.15, 0.2) is 41.8 Å². The first kappa shape index (κ1) is 20.3. The van der Waals surface area contributed by atoms with E-state index in [1.807, 2.05) is 0 Å². The molecule has 0 spiro atoms. The summed E-state index contributed by atoms with van der Waals surface area (Å²) in [6.45, 7) is 0.705. The lowest BCUT2D eigenvalue weighted by Crippen LogP contribution is -2.40. The van der Waals surface area contributed by atoms with Gasteiger partial charge in [0.2, 0.25) is 5.91 Å². The topological polar surface area (TPSA) is 93.5 Å². The molecule has 28 heavy (non-hydrogen) atoms. The van der Waals surface area contributed by atoms with Gasteiger partial charge in [0.05, 0.1) is 25.1 Å². The standard InChI is InChI=1S/C16H17F3N4O4S/c17-16(18,19)12-2-1-3-13(8-12)21-14(24)9-22-10-15(20-11-22)28(25,26)23-4-6-27-7-5-23/h1-3,8,10-11H,4-7,9H2,(H,21,24). The Hall–Kier alpha value is -2.44. The monoisotopic (exact) mass is 418 g/mol. The summed E-state index contributed by atoms with van der Waals surface area (Å²) in [4.78, 5) is 15.9. The second kappa shape index (κ2) is 7.89. The number of rotatable bonds is 5. The van der Waals surface area contributed by atoms with Crippen molar-refractivity contribution in [3.63, 3.8) is 0 Å². The van der Waals surface area contributed by atoms with Crippen LogP contribution < -0.4 is 5.32 Å². The molecule has 1 saturated heterocycles. The van der Waals surface area contributed by atoms with Crippen molar-refractivity contribution in [1.29, 1.82) is 0 Å². The van der Waals surface area contributed by atoms with E-state index in [0.29, 0.717) is 13.2 Å². The number of morpholine rings is 1. The first-order valence-electron chi connectivity index (χ1n) is 8.23. The van der Waals surface area contributed by atoms with Crippen LogP contribution in [0, 0.1) is 0 Å². The average molecular weight is 418 g/mol. The summed E-state index contributed by atoms with van der Waals surface area (Å²) in [5, 5.41) is 2.14. The molecular weight excluding hydrogens is 401 g/mol. The van der Waals surface area contributed by atoms with Crippen LogP contribution >= 0.6 is 0 Å². The van der Waals surface area contributed by atoms with Crippen molar-refractivity contribution >= 4 is 21.6 Å². The van der Waals surface area contributed by atoms with Gasteiger partial charge in [0.1, 0.15) is 6.54 Å². The van der Waals surface area contributed by atoms with Crippen molar-refractivity contribution in [2.75, 3.05) is 31.6 Å². The molecule has 0 bridgehead atoms. The van der Waals surface area contributed by atoms with Crippen LogP contribution in [0.3, 0.4) is 0 Å². The van der Waals surface area contributed by atoms with E-state index in [2.05, 4.69) is 10.3 Å². The Morgan fingerprint density at radius 2 is 1.96 bits per heavy atom. The zero-order valence-corrected chi connectivity index (χ0v) is 15.3. The molecule has 12 heteroatoms. The fourth-order valence-corrected chi connectivity index (χ4v) is 3.96. The van der Waals surface area contributed by atoms with Gasteiger partial charge >= 0.3 is 6.18 Å². The minimum atomic E-state index is -4.52. The Morgan fingerprint density at radius 1 is 1.25 bits per heavy atom. The maximum Gasteiger partial charge on any atom is 0.416 e. The summed E-state index contributed by atoms with van der Waals surface area (Å²) in [5.41, 5.74) is -0.895. The molecule has 0 radical (unpaired) electrons. The highest BCUT2D eigenvalue weighted by Gasteiger charge is 2.31. The lowest BCUT2D eigenvalue weighted by atomic mass is 10.2. The van der Waals surface area contributed by atoms with Crippen LogP contribution in [-0.2, 0) is 32.3 Å². The second-order valence-electron chi connectivity index (χ2n) is 6.03. The van der Waals surface area contributed by atoms with Crippen LogP contribution in [0.25, 0.3) is 0 Å². The van der Waals surface area contributed by atoms with E-state index in [1.54, 1.807) is 0 Å². The third kappa shape index (κ3) is 4.69. The smallest absolute Gasteiger partial charge is 0.379 e. The summed E-state index contributed by atoms with van der Waals surface area (Å²) < 4.78 is 70.8. The molecular formula is C16H17F3N4O4S. The molecule has 3 rings (SSSR count). The van der Waals surface area contributed by atoms with Gasteiger partial charge in [-0.05, 0) is 18.2 Å². The highest BCUT2D eigenvalue weighted by atomic mass is 32.2. The number of carbonyl (C=O) groups excluding carboxylic acids is 1. The largest absolute Gasteiger partial charge is 0.416 e. The second-order valence-corrected chi connectivity index (χ2v) is 7.91. The van der Waals surface area contributed by atoms with Gasteiger partial charge in [-0.25, -0.2) is 13.4 Å². The number of ether oxygens (including phenoxy) is 1. The lowest BCUT2D eigenvalue weighted by molar-refractivity contribution is -0.137. The Bertz CT molecular complexity index is 953. The quantitative estimate of drug-likeness (QED) is 0.796.